The van der Waals surface area contributed by atoms with Gasteiger partial charge in [-0.1, -0.05) is 0 Å². The molecule has 0 unspecified atom stereocenters. The summed E-state index contributed by atoms with van der Waals surface area (Å²) in [6.07, 6.45) is 4.11. The Morgan fingerprint density at radius 3 is 2.64 bits per heavy atom. The van der Waals surface area contributed by atoms with Crippen molar-refractivity contribution in [2.45, 2.75) is 50.0 Å². The minimum Gasteiger partial charge on any atom is -0.443 e. The van der Waals surface area contributed by atoms with Crippen molar-refractivity contribution in [2.24, 2.45) is 0 Å². The number of aromatic nitrogens is 1. The summed E-state index contributed by atoms with van der Waals surface area (Å²) in [5.41, 5.74) is 1.55. The Labute approximate surface area is 139 Å². The molecule has 1 saturated carbocycles. The van der Waals surface area contributed by atoms with Gasteiger partial charge in [0, 0.05) is 10.6 Å². The van der Waals surface area contributed by atoms with E-state index in [0.717, 1.165) is 29.1 Å². The summed E-state index contributed by atoms with van der Waals surface area (Å²) in [6.45, 7) is 5.72. The first-order valence-corrected chi connectivity index (χ1v) is 9.58. The van der Waals surface area contributed by atoms with Gasteiger partial charge in [-0.15, -0.1) is 23.1 Å². The largest absolute Gasteiger partial charge is 0.443 e. The molecule has 0 atom stereocenters. The first kappa shape index (κ1) is 15.7. The van der Waals surface area contributed by atoms with Gasteiger partial charge in [-0.05, 0) is 69.4 Å². The molecule has 0 aromatic carbocycles. The Hall–Kier alpha value is -1.20. The normalized spacial score (nSPS) is 15.1. The molecule has 1 aliphatic carbocycles. The van der Waals surface area contributed by atoms with Crippen molar-refractivity contribution < 1.29 is 9.53 Å². The van der Waals surface area contributed by atoms with Crippen LogP contribution >= 0.6 is 23.1 Å². The zero-order valence-electron chi connectivity index (χ0n) is 13.4. The number of carbonyl (C=O) groups is 1. The molecule has 2 aromatic heterocycles. The Kier molecular flexibility index (Phi) is 4.12. The van der Waals surface area contributed by atoms with Crippen LogP contribution in [0, 0.1) is 0 Å². The van der Waals surface area contributed by atoms with Crippen molar-refractivity contribution in [2.75, 3.05) is 6.26 Å². The minimum absolute atomic E-state index is 0.269. The SMILES string of the molecule is CSc1ccsc1-c1ccc(C2CC2)n1C(=O)OC(C)(C)C. The van der Waals surface area contributed by atoms with Crippen LogP contribution in [0.25, 0.3) is 10.6 Å². The Balaban J connectivity index is 2.06. The average Bonchev–Trinajstić information content (AvgIpc) is 3.01. The molecule has 0 spiro atoms. The van der Waals surface area contributed by atoms with Crippen molar-refractivity contribution in [1.82, 2.24) is 4.57 Å². The van der Waals surface area contributed by atoms with Crippen molar-refractivity contribution in [1.29, 1.82) is 0 Å². The lowest BCUT2D eigenvalue weighted by atomic mass is 10.2. The quantitative estimate of drug-likeness (QED) is 0.684. The van der Waals surface area contributed by atoms with Gasteiger partial charge in [0.1, 0.15) is 5.60 Å². The van der Waals surface area contributed by atoms with Crippen molar-refractivity contribution in [3.05, 3.63) is 29.3 Å². The zero-order chi connectivity index (χ0) is 15.9. The summed E-state index contributed by atoms with van der Waals surface area (Å²) in [4.78, 5) is 15.1. The van der Waals surface area contributed by atoms with E-state index in [0.29, 0.717) is 5.92 Å². The monoisotopic (exact) mass is 335 g/mol. The van der Waals surface area contributed by atoms with Crippen molar-refractivity contribution in [3.63, 3.8) is 0 Å². The van der Waals surface area contributed by atoms with Gasteiger partial charge in [0.2, 0.25) is 0 Å². The van der Waals surface area contributed by atoms with Gasteiger partial charge in [0.25, 0.3) is 0 Å². The minimum atomic E-state index is -0.489. The molecule has 0 saturated heterocycles. The van der Waals surface area contributed by atoms with E-state index in [2.05, 4.69) is 29.8 Å². The predicted octanol–water partition coefficient (Wildman–Crippen LogP) is 5.60. The molecule has 118 valence electrons. The molecule has 1 fully saturated rings. The highest BCUT2D eigenvalue weighted by Gasteiger charge is 2.32. The smallest absolute Gasteiger partial charge is 0.419 e. The van der Waals surface area contributed by atoms with Crippen LogP contribution in [0.15, 0.2) is 28.5 Å². The molecular formula is C17H21NO2S2. The van der Waals surface area contributed by atoms with E-state index in [-0.39, 0.29) is 6.09 Å². The highest BCUT2D eigenvalue weighted by Crippen LogP contribution is 2.44. The lowest BCUT2D eigenvalue weighted by Crippen LogP contribution is -2.28. The van der Waals surface area contributed by atoms with Crippen LogP contribution < -0.4 is 0 Å². The summed E-state index contributed by atoms with van der Waals surface area (Å²) >= 11 is 3.38. The second kappa shape index (κ2) is 5.78. The van der Waals surface area contributed by atoms with E-state index in [1.165, 1.54) is 4.90 Å². The number of hydrogen-bond acceptors (Lipinski definition) is 4. The highest BCUT2D eigenvalue weighted by molar-refractivity contribution is 7.98. The standard InChI is InChI=1S/C17H21NO2S2/c1-17(2,3)20-16(19)18-12(11-5-6-11)7-8-13(18)15-14(21-4)9-10-22-15/h7-11H,5-6H2,1-4H3. The number of thioether (sulfide) groups is 1. The second-order valence-electron chi connectivity index (χ2n) is 6.55. The van der Waals surface area contributed by atoms with Gasteiger partial charge in [-0.25, -0.2) is 9.36 Å². The van der Waals surface area contributed by atoms with E-state index in [4.69, 9.17) is 4.74 Å². The molecular weight excluding hydrogens is 314 g/mol. The number of carbonyl (C=O) groups excluding carboxylic acids is 1. The van der Waals surface area contributed by atoms with Crippen LogP contribution in [0.4, 0.5) is 4.79 Å². The van der Waals surface area contributed by atoms with E-state index >= 15 is 0 Å². The van der Waals surface area contributed by atoms with E-state index < -0.39 is 5.60 Å². The molecule has 1 aliphatic rings. The fraction of sp³-hybridized carbons (Fsp3) is 0.471. The van der Waals surface area contributed by atoms with Crippen LogP contribution in [0.2, 0.25) is 0 Å². The lowest BCUT2D eigenvalue weighted by Gasteiger charge is -2.21. The molecule has 2 aromatic rings. The summed E-state index contributed by atoms with van der Waals surface area (Å²) in [5.74, 6) is 0.499. The number of hydrogen-bond donors (Lipinski definition) is 0. The van der Waals surface area contributed by atoms with Crippen molar-refractivity contribution >= 4 is 29.2 Å². The van der Waals surface area contributed by atoms with Crippen LogP contribution in [-0.2, 0) is 4.74 Å². The number of rotatable bonds is 3. The maximum absolute atomic E-state index is 12.7. The van der Waals surface area contributed by atoms with Gasteiger partial charge in [0.05, 0.1) is 10.6 Å². The molecule has 3 nitrogen and oxygen atoms in total. The molecule has 0 N–H and O–H groups in total. The zero-order valence-corrected chi connectivity index (χ0v) is 15.0. The summed E-state index contributed by atoms with van der Waals surface area (Å²) in [6, 6.07) is 6.25. The molecule has 0 bridgehead atoms. The van der Waals surface area contributed by atoms with E-state index in [9.17, 15) is 4.79 Å². The molecule has 0 aliphatic heterocycles. The topological polar surface area (TPSA) is 31.2 Å². The highest BCUT2D eigenvalue weighted by atomic mass is 32.2. The second-order valence-corrected chi connectivity index (χ2v) is 8.32. The summed E-state index contributed by atoms with van der Waals surface area (Å²) in [7, 11) is 0. The molecule has 3 rings (SSSR count). The van der Waals surface area contributed by atoms with Gasteiger partial charge in [-0.2, -0.15) is 0 Å². The fourth-order valence-electron chi connectivity index (χ4n) is 2.48. The summed E-state index contributed by atoms with van der Waals surface area (Å²) in [5, 5.41) is 2.07. The number of thiophene rings is 1. The Morgan fingerprint density at radius 2 is 2.05 bits per heavy atom. The van der Waals surface area contributed by atoms with Gasteiger partial charge in [-0.3, -0.25) is 0 Å². The average molecular weight is 335 g/mol. The maximum atomic E-state index is 12.7. The third-order valence-corrected chi connectivity index (χ3v) is 5.41. The van der Waals surface area contributed by atoms with Crippen LogP contribution in [0.3, 0.4) is 0 Å². The first-order chi connectivity index (χ1) is 10.4. The third-order valence-electron chi connectivity index (χ3n) is 3.56. The van der Waals surface area contributed by atoms with Gasteiger partial charge >= 0.3 is 6.09 Å². The van der Waals surface area contributed by atoms with Gasteiger partial charge in [0.15, 0.2) is 0 Å². The van der Waals surface area contributed by atoms with E-state index in [1.54, 1.807) is 27.7 Å². The molecule has 2 heterocycles. The van der Waals surface area contributed by atoms with Crippen LogP contribution in [0.1, 0.15) is 45.2 Å². The van der Waals surface area contributed by atoms with Crippen molar-refractivity contribution in [3.8, 4) is 10.6 Å². The summed E-state index contributed by atoms with van der Waals surface area (Å²) < 4.78 is 7.42. The van der Waals surface area contributed by atoms with E-state index in [1.807, 2.05) is 20.8 Å². The van der Waals surface area contributed by atoms with Crippen LogP contribution in [0.5, 0.6) is 0 Å². The maximum Gasteiger partial charge on any atom is 0.419 e. The molecule has 22 heavy (non-hydrogen) atoms. The number of ether oxygens (including phenoxy) is 1. The third kappa shape index (κ3) is 3.10. The fourth-order valence-corrected chi connectivity index (χ4v) is 4.26. The Bertz CT molecular complexity index is 690. The number of nitrogens with zero attached hydrogens (tertiary/aromatic N) is 1. The molecule has 0 radical (unpaired) electrons. The predicted molar refractivity (Wildman–Crippen MR) is 93.1 cm³/mol. The Morgan fingerprint density at radius 1 is 1.32 bits per heavy atom. The molecule has 0 amide bonds. The first-order valence-electron chi connectivity index (χ1n) is 7.47. The van der Waals surface area contributed by atoms with Crippen LogP contribution in [-0.4, -0.2) is 22.5 Å². The van der Waals surface area contributed by atoms with Gasteiger partial charge < -0.3 is 4.74 Å². The molecule has 5 heteroatoms. The lowest BCUT2D eigenvalue weighted by molar-refractivity contribution is 0.0536.